The molecule has 0 atom stereocenters. The first-order chi connectivity index (χ1) is 7.88. The van der Waals surface area contributed by atoms with Crippen molar-refractivity contribution in [3.63, 3.8) is 0 Å². The Morgan fingerprint density at radius 2 is 2.12 bits per heavy atom. The van der Waals surface area contributed by atoms with Gasteiger partial charge in [-0.05, 0) is 48.6 Å². The highest BCUT2D eigenvalue weighted by Crippen LogP contribution is 2.34. The number of benzene rings is 1. The van der Waals surface area contributed by atoms with Crippen LogP contribution >= 0.6 is 11.9 Å². The summed E-state index contributed by atoms with van der Waals surface area (Å²) in [6, 6.07) is 4.86. The van der Waals surface area contributed by atoms with Gasteiger partial charge in [0, 0.05) is 19.3 Å². The summed E-state index contributed by atoms with van der Waals surface area (Å²) >= 11 is 1.86. The van der Waals surface area contributed by atoms with Crippen LogP contribution in [0.15, 0.2) is 12.1 Å². The fourth-order valence-corrected chi connectivity index (χ4v) is 3.40. The summed E-state index contributed by atoms with van der Waals surface area (Å²) in [5.74, 6) is 0. The number of aryl methyl sites for hydroxylation is 1. The zero-order valence-corrected chi connectivity index (χ0v) is 10.6. The fourth-order valence-electron chi connectivity index (χ4n) is 2.73. The normalized spacial score (nSPS) is 19.2. The summed E-state index contributed by atoms with van der Waals surface area (Å²) in [4.78, 5) is 0. The molecule has 2 nitrogen and oxygen atoms in total. The zero-order valence-electron chi connectivity index (χ0n) is 9.75. The van der Waals surface area contributed by atoms with Gasteiger partial charge >= 0.3 is 0 Å². The number of nitrogens with zero attached hydrogens (tertiary/aromatic N) is 1. The van der Waals surface area contributed by atoms with Crippen molar-refractivity contribution in [3.8, 4) is 0 Å². The monoisotopic (exact) mass is 234 g/mol. The van der Waals surface area contributed by atoms with Gasteiger partial charge in [0.15, 0.2) is 0 Å². The Kier molecular flexibility index (Phi) is 2.82. The summed E-state index contributed by atoms with van der Waals surface area (Å²) in [5, 5.41) is 3.45. The van der Waals surface area contributed by atoms with Crippen molar-refractivity contribution in [1.82, 2.24) is 5.32 Å². The molecule has 0 fully saturated rings. The lowest BCUT2D eigenvalue weighted by atomic mass is 9.93. The molecule has 2 aliphatic heterocycles. The lowest BCUT2D eigenvalue weighted by Crippen LogP contribution is -2.27. The molecule has 3 rings (SSSR count). The smallest absolute Gasteiger partial charge is 0.0504 e. The van der Waals surface area contributed by atoms with E-state index in [1.807, 2.05) is 11.9 Å². The van der Waals surface area contributed by atoms with Gasteiger partial charge in [-0.1, -0.05) is 18.0 Å². The molecule has 16 heavy (non-hydrogen) atoms. The minimum atomic E-state index is 1.06. The second-order valence-electron chi connectivity index (χ2n) is 4.56. The number of nitrogens with one attached hydrogen (secondary N) is 1. The zero-order chi connectivity index (χ0) is 11.0. The Morgan fingerprint density at radius 1 is 1.19 bits per heavy atom. The van der Waals surface area contributed by atoms with Crippen LogP contribution in [0.3, 0.4) is 0 Å². The van der Waals surface area contributed by atoms with Crippen molar-refractivity contribution in [3.05, 3.63) is 28.8 Å². The Bertz CT molecular complexity index is 403. The van der Waals surface area contributed by atoms with Gasteiger partial charge in [-0.3, -0.25) is 0 Å². The van der Waals surface area contributed by atoms with Gasteiger partial charge < -0.3 is 9.62 Å². The third-order valence-electron chi connectivity index (χ3n) is 3.58. The maximum absolute atomic E-state index is 3.45. The number of rotatable bonds is 1. The molecule has 86 valence electrons. The predicted octanol–water partition coefficient (Wildman–Crippen LogP) is 2.36. The van der Waals surface area contributed by atoms with Crippen molar-refractivity contribution < 1.29 is 0 Å². The molecular formula is C13H18N2S. The fraction of sp³-hybridized carbons (Fsp3) is 0.538. The third-order valence-corrected chi connectivity index (χ3v) is 4.40. The van der Waals surface area contributed by atoms with Crippen LogP contribution in [0.4, 0.5) is 5.69 Å². The predicted molar refractivity (Wildman–Crippen MR) is 71.0 cm³/mol. The Morgan fingerprint density at radius 3 is 3.00 bits per heavy atom. The number of hydrogen-bond donors (Lipinski definition) is 1. The van der Waals surface area contributed by atoms with Crippen LogP contribution in [0.5, 0.6) is 0 Å². The largest absolute Gasteiger partial charge is 0.316 e. The third kappa shape index (κ3) is 1.72. The molecule has 0 radical (unpaired) electrons. The molecule has 0 aromatic heterocycles. The first-order valence-electron chi connectivity index (χ1n) is 6.05. The first kappa shape index (κ1) is 10.5. The maximum atomic E-state index is 3.45. The lowest BCUT2D eigenvalue weighted by Gasteiger charge is -2.31. The van der Waals surface area contributed by atoms with Crippen molar-refractivity contribution >= 4 is 17.6 Å². The van der Waals surface area contributed by atoms with Crippen LogP contribution in [0, 0.1) is 0 Å². The second-order valence-corrected chi connectivity index (χ2v) is 5.37. The molecule has 1 aromatic carbocycles. The Hall–Kier alpha value is -0.670. The van der Waals surface area contributed by atoms with Crippen LogP contribution in [-0.4, -0.2) is 19.3 Å². The highest BCUT2D eigenvalue weighted by atomic mass is 32.2. The minimum Gasteiger partial charge on any atom is -0.316 e. The van der Waals surface area contributed by atoms with Crippen LogP contribution in [0.2, 0.25) is 0 Å². The summed E-state index contributed by atoms with van der Waals surface area (Å²) in [6.07, 6.45) is 5.90. The minimum absolute atomic E-state index is 1.06. The highest BCUT2D eigenvalue weighted by molar-refractivity contribution is 7.99. The van der Waals surface area contributed by atoms with E-state index in [2.05, 4.69) is 28.0 Å². The van der Waals surface area contributed by atoms with Crippen LogP contribution < -0.4 is 9.62 Å². The van der Waals surface area contributed by atoms with E-state index in [4.69, 9.17) is 0 Å². The van der Waals surface area contributed by atoms with E-state index < -0.39 is 0 Å². The van der Waals surface area contributed by atoms with Gasteiger partial charge in [0.1, 0.15) is 0 Å². The molecule has 0 spiro atoms. The van der Waals surface area contributed by atoms with Crippen LogP contribution in [0.25, 0.3) is 0 Å². The van der Waals surface area contributed by atoms with Gasteiger partial charge in [0.25, 0.3) is 0 Å². The van der Waals surface area contributed by atoms with E-state index in [0.717, 1.165) is 13.1 Å². The second kappa shape index (κ2) is 4.30. The summed E-state index contributed by atoms with van der Waals surface area (Å²) in [7, 11) is 0. The van der Waals surface area contributed by atoms with E-state index in [0.29, 0.717) is 0 Å². The van der Waals surface area contributed by atoms with Crippen LogP contribution in [-0.2, 0) is 19.4 Å². The molecule has 0 aliphatic carbocycles. The Balaban J connectivity index is 2.05. The average molecular weight is 234 g/mol. The molecular weight excluding hydrogens is 216 g/mol. The van der Waals surface area contributed by atoms with Crippen molar-refractivity contribution in [2.45, 2.75) is 25.8 Å². The highest BCUT2D eigenvalue weighted by Gasteiger charge is 2.19. The number of anilines is 1. The van der Waals surface area contributed by atoms with E-state index in [9.17, 15) is 0 Å². The van der Waals surface area contributed by atoms with Gasteiger partial charge in [0.2, 0.25) is 0 Å². The first-order valence-corrected chi connectivity index (χ1v) is 7.23. The molecule has 1 aromatic rings. The molecule has 0 unspecified atom stereocenters. The van der Waals surface area contributed by atoms with Gasteiger partial charge in [-0.25, -0.2) is 0 Å². The average Bonchev–Trinajstić information content (AvgIpc) is 2.35. The molecule has 2 heterocycles. The standard InChI is InChI=1S/C13H18N2S/c1-16-15-6-2-3-11-7-12-9-14-5-4-10(12)8-13(11)15/h7-8,14H,2-6,9H2,1H3. The van der Waals surface area contributed by atoms with E-state index in [-0.39, 0.29) is 0 Å². The van der Waals surface area contributed by atoms with Crippen molar-refractivity contribution in [2.75, 3.05) is 23.7 Å². The van der Waals surface area contributed by atoms with Gasteiger partial charge in [-0.15, -0.1) is 0 Å². The molecule has 3 heteroatoms. The maximum Gasteiger partial charge on any atom is 0.0504 e. The molecule has 0 amide bonds. The summed E-state index contributed by atoms with van der Waals surface area (Å²) in [5.41, 5.74) is 6.09. The molecule has 0 saturated heterocycles. The molecule has 2 aliphatic rings. The van der Waals surface area contributed by atoms with E-state index in [1.54, 1.807) is 11.1 Å². The number of fused-ring (bicyclic) bond motifs is 2. The Labute approximate surface area is 102 Å². The van der Waals surface area contributed by atoms with E-state index in [1.165, 1.54) is 37.1 Å². The SMILES string of the molecule is CSN1CCCc2cc3c(cc21)CCNC3. The topological polar surface area (TPSA) is 15.3 Å². The van der Waals surface area contributed by atoms with Gasteiger partial charge in [-0.2, -0.15) is 0 Å². The quantitative estimate of drug-likeness (QED) is 0.751. The van der Waals surface area contributed by atoms with Crippen molar-refractivity contribution in [2.24, 2.45) is 0 Å². The molecule has 1 N–H and O–H groups in total. The van der Waals surface area contributed by atoms with Gasteiger partial charge in [0.05, 0.1) is 5.69 Å². The number of hydrogen-bond acceptors (Lipinski definition) is 3. The molecule has 0 saturated carbocycles. The summed E-state index contributed by atoms with van der Waals surface area (Å²) < 4.78 is 2.45. The van der Waals surface area contributed by atoms with E-state index >= 15 is 0 Å². The van der Waals surface area contributed by atoms with Crippen molar-refractivity contribution in [1.29, 1.82) is 0 Å². The molecule has 0 bridgehead atoms. The van der Waals surface area contributed by atoms with Crippen LogP contribution in [0.1, 0.15) is 23.1 Å². The summed E-state index contributed by atoms with van der Waals surface area (Å²) in [6.45, 7) is 3.39. The lowest BCUT2D eigenvalue weighted by molar-refractivity contribution is 0.641.